The van der Waals surface area contributed by atoms with Crippen LogP contribution in [0.25, 0.3) is 0 Å². The molecule has 2 atom stereocenters. The van der Waals surface area contributed by atoms with Gasteiger partial charge in [-0.05, 0) is 81.7 Å². The van der Waals surface area contributed by atoms with E-state index in [0.29, 0.717) is 11.8 Å². The molecule has 0 saturated carbocycles. The monoisotopic (exact) mass is 411 g/mol. The van der Waals surface area contributed by atoms with Crippen molar-refractivity contribution >= 4 is 0 Å². The van der Waals surface area contributed by atoms with Crippen LogP contribution < -0.4 is 14.8 Å². The lowest BCUT2D eigenvalue weighted by Gasteiger charge is -2.39. The van der Waals surface area contributed by atoms with Crippen molar-refractivity contribution in [2.45, 2.75) is 58.1 Å². The zero-order valence-electron chi connectivity index (χ0n) is 19.2. The minimum atomic E-state index is -0.0288. The first-order valence-electron chi connectivity index (χ1n) is 11.0. The maximum absolute atomic E-state index is 5.99. The molecule has 0 unspecified atom stereocenters. The molecule has 0 amide bonds. The molecule has 0 bridgehead atoms. The van der Waals surface area contributed by atoms with E-state index in [1.807, 2.05) is 12.1 Å². The molecular weight excluding hydrogens is 374 g/mol. The second-order valence-corrected chi connectivity index (χ2v) is 9.03. The predicted molar refractivity (Wildman–Crippen MR) is 123 cm³/mol. The highest BCUT2D eigenvalue weighted by atomic mass is 16.5. The molecule has 0 aromatic heterocycles. The first kappa shape index (κ1) is 22.6. The van der Waals surface area contributed by atoms with Gasteiger partial charge in [-0.3, -0.25) is 0 Å². The van der Waals surface area contributed by atoms with E-state index in [1.54, 1.807) is 14.2 Å². The van der Waals surface area contributed by atoms with Gasteiger partial charge in [0.2, 0.25) is 0 Å². The SMILES string of the molecule is COc1ccc(CNCC[C@@H](c2ccc(C)cc2)[C@@H]2CCOC(C)(C)C2)cc1OC. The molecule has 2 aromatic carbocycles. The minimum Gasteiger partial charge on any atom is -0.493 e. The first-order valence-corrected chi connectivity index (χ1v) is 11.0. The van der Waals surface area contributed by atoms with Crippen LogP contribution in [0.4, 0.5) is 0 Å². The molecule has 1 aliphatic rings. The molecule has 1 fully saturated rings. The summed E-state index contributed by atoms with van der Waals surface area (Å²) >= 11 is 0. The van der Waals surface area contributed by atoms with Gasteiger partial charge in [-0.1, -0.05) is 35.9 Å². The number of rotatable bonds is 9. The molecule has 0 aliphatic carbocycles. The summed E-state index contributed by atoms with van der Waals surface area (Å²) in [6, 6.07) is 15.2. The van der Waals surface area contributed by atoms with Crippen LogP contribution in [0.15, 0.2) is 42.5 Å². The Hall–Kier alpha value is -2.04. The molecule has 4 heteroatoms. The van der Waals surface area contributed by atoms with E-state index in [4.69, 9.17) is 14.2 Å². The fourth-order valence-corrected chi connectivity index (χ4v) is 4.59. The van der Waals surface area contributed by atoms with Crippen LogP contribution in [0.5, 0.6) is 11.5 Å². The molecule has 0 radical (unpaired) electrons. The predicted octanol–water partition coefficient (Wildman–Crippen LogP) is 5.48. The zero-order chi connectivity index (χ0) is 21.6. The van der Waals surface area contributed by atoms with Gasteiger partial charge < -0.3 is 19.5 Å². The van der Waals surface area contributed by atoms with E-state index < -0.39 is 0 Å². The van der Waals surface area contributed by atoms with Crippen LogP contribution in [-0.4, -0.2) is 33.0 Å². The maximum Gasteiger partial charge on any atom is 0.161 e. The Morgan fingerprint density at radius 3 is 2.47 bits per heavy atom. The van der Waals surface area contributed by atoms with Gasteiger partial charge in [-0.2, -0.15) is 0 Å². The lowest BCUT2D eigenvalue weighted by Crippen LogP contribution is -2.36. The van der Waals surface area contributed by atoms with Crippen molar-refractivity contribution in [3.8, 4) is 11.5 Å². The fraction of sp³-hybridized carbons (Fsp3) is 0.538. The van der Waals surface area contributed by atoms with Crippen molar-refractivity contribution in [2.75, 3.05) is 27.4 Å². The van der Waals surface area contributed by atoms with Crippen molar-refractivity contribution in [1.82, 2.24) is 5.32 Å². The van der Waals surface area contributed by atoms with E-state index in [9.17, 15) is 0 Å². The van der Waals surface area contributed by atoms with Crippen molar-refractivity contribution in [3.63, 3.8) is 0 Å². The summed E-state index contributed by atoms with van der Waals surface area (Å²) in [5, 5.41) is 3.63. The van der Waals surface area contributed by atoms with Crippen LogP contribution >= 0.6 is 0 Å². The average molecular weight is 412 g/mol. The Balaban J connectivity index is 1.63. The summed E-state index contributed by atoms with van der Waals surface area (Å²) in [5.74, 6) is 2.74. The second kappa shape index (κ2) is 10.3. The van der Waals surface area contributed by atoms with Gasteiger partial charge in [0, 0.05) is 13.2 Å². The summed E-state index contributed by atoms with van der Waals surface area (Å²) in [7, 11) is 3.34. The quantitative estimate of drug-likeness (QED) is 0.555. The van der Waals surface area contributed by atoms with Crippen molar-refractivity contribution in [1.29, 1.82) is 0 Å². The summed E-state index contributed by atoms with van der Waals surface area (Å²) in [6.45, 7) is 9.26. The lowest BCUT2D eigenvalue weighted by atomic mass is 9.75. The molecule has 1 N–H and O–H groups in total. The fourth-order valence-electron chi connectivity index (χ4n) is 4.59. The van der Waals surface area contributed by atoms with Gasteiger partial charge in [0.1, 0.15) is 0 Å². The van der Waals surface area contributed by atoms with Gasteiger partial charge in [0.15, 0.2) is 11.5 Å². The largest absolute Gasteiger partial charge is 0.493 e. The summed E-state index contributed by atoms with van der Waals surface area (Å²) in [5.41, 5.74) is 3.94. The number of ether oxygens (including phenoxy) is 3. The highest BCUT2D eigenvalue weighted by Crippen LogP contribution is 2.40. The Labute approximate surface area is 181 Å². The molecule has 4 nitrogen and oxygen atoms in total. The van der Waals surface area contributed by atoms with Crippen LogP contribution in [-0.2, 0) is 11.3 Å². The summed E-state index contributed by atoms with van der Waals surface area (Å²) in [6.07, 6.45) is 3.37. The third-order valence-electron chi connectivity index (χ3n) is 6.22. The third kappa shape index (κ3) is 5.99. The van der Waals surface area contributed by atoms with Crippen LogP contribution in [0.2, 0.25) is 0 Å². The Kier molecular flexibility index (Phi) is 7.79. The zero-order valence-corrected chi connectivity index (χ0v) is 19.2. The molecule has 2 aromatic rings. The van der Waals surface area contributed by atoms with Crippen molar-refractivity contribution < 1.29 is 14.2 Å². The van der Waals surface area contributed by atoms with E-state index in [1.165, 1.54) is 16.7 Å². The number of nitrogens with one attached hydrogen (secondary N) is 1. The highest BCUT2D eigenvalue weighted by Gasteiger charge is 2.33. The topological polar surface area (TPSA) is 39.7 Å². The van der Waals surface area contributed by atoms with Gasteiger partial charge in [0.25, 0.3) is 0 Å². The van der Waals surface area contributed by atoms with Gasteiger partial charge in [0.05, 0.1) is 19.8 Å². The maximum atomic E-state index is 5.99. The van der Waals surface area contributed by atoms with E-state index in [-0.39, 0.29) is 5.60 Å². The molecule has 1 heterocycles. The summed E-state index contributed by atoms with van der Waals surface area (Å²) in [4.78, 5) is 0. The van der Waals surface area contributed by atoms with Crippen LogP contribution in [0, 0.1) is 12.8 Å². The molecule has 1 aliphatic heterocycles. The summed E-state index contributed by atoms with van der Waals surface area (Å²) < 4.78 is 16.7. The Bertz CT molecular complexity index is 800. The highest BCUT2D eigenvalue weighted by molar-refractivity contribution is 5.42. The number of hydrogen-bond acceptors (Lipinski definition) is 4. The molecular formula is C26H37NO3. The third-order valence-corrected chi connectivity index (χ3v) is 6.22. The van der Waals surface area contributed by atoms with Gasteiger partial charge >= 0.3 is 0 Å². The van der Waals surface area contributed by atoms with Gasteiger partial charge in [-0.15, -0.1) is 0 Å². The average Bonchev–Trinajstić information content (AvgIpc) is 2.73. The van der Waals surface area contributed by atoms with E-state index >= 15 is 0 Å². The first-order chi connectivity index (χ1) is 14.4. The number of methoxy groups -OCH3 is 2. The Morgan fingerprint density at radius 2 is 1.80 bits per heavy atom. The normalized spacial score (nSPS) is 19.3. The van der Waals surface area contributed by atoms with Crippen molar-refractivity contribution in [2.24, 2.45) is 5.92 Å². The minimum absolute atomic E-state index is 0.0288. The van der Waals surface area contributed by atoms with E-state index in [0.717, 1.165) is 50.5 Å². The number of aryl methyl sites for hydroxylation is 1. The van der Waals surface area contributed by atoms with Crippen LogP contribution in [0.1, 0.15) is 55.7 Å². The molecule has 0 spiro atoms. The number of hydrogen-bond donors (Lipinski definition) is 1. The second-order valence-electron chi connectivity index (χ2n) is 9.03. The molecule has 1 saturated heterocycles. The standard InChI is InChI=1S/C26H37NO3/c1-19-6-9-21(10-7-19)23(22-13-15-30-26(2,3)17-22)12-14-27-18-20-8-11-24(28-4)25(16-20)29-5/h6-11,16,22-23,27H,12-15,17-18H2,1-5H3/t22-,23+/m1/s1. The van der Waals surface area contributed by atoms with Crippen LogP contribution in [0.3, 0.4) is 0 Å². The lowest BCUT2D eigenvalue weighted by molar-refractivity contribution is -0.0771. The molecule has 164 valence electrons. The number of benzene rings is 2. The van der Waals surface area contributed by atoms with Gasteiger partial charge in [-0.25, -0.2) is 0 Å². The Morgan fingerprint density at radius 1 is 1.07 bits per heavy atom. The van der Waals surface area contributed by atoms with Crippen molar-refractivity contribution in [3.05, 3.63) is 59.2 Å². The molecule has 3 rings (SSSR count). The van der Waals surface area contributed by atoms with E-state index in [2.05, 4.69) is 56.4 Å². The smallest absolute Gasteiger partial charge is 0.161 e. The molecule has 30 heavy (non-hydrogen) atoms.